The molecule has 0 saturated heterocycles. The largest absolute Gasteiger partial charge is 0.314 e. The summed E-state index contributed by atoms with van der Waals surface area (Å²) in [6, 6.07) is 8.16. The van der Waals surface area contributed by atoms with E-state index < -0.39 is 10.2 Å². The van der Waals surface area contributed by atoms with Gasteiger partial charge in [-0.2, -0.15) is 12.7 Å². The molecule has 6 heteroatoms. The van der Waals surface area contributed by atoms with Gasteiger partial charge in [0.15, 0.2) is 0 Å². The lowest BCUT2D eigenvalue weighted by Gasteiger charge is -2.18. The van der Waals surface area contributed by atoms with Crippen LogP contribution < -0.4 is 10.0 Å². The lowest BCUT2D eigenvalue weighted by atomic mass is 10.2. The molecule has 1 aromatic rings. The molecule has 2 N–H and O–H groups in total. The quantitative estimate of drug-likeness (QED) is 0.686. The second-order valence-corrected chi connectivity index (χ2v) is 7.34. The third kappa shape index (κ3) is 5.30. The molecular formula is C15H25N3O2S. The van der Waals surface area contributed by atoms with Crippen LogP contribution in [0, 0.1) is 0 Å². The number of hydrogen-bond donors (Lipinski definition) is 2. The van der Waals surface area contributed by atoms with Gasteiger partial charge in [0.05, 0.1) is 0 Å². The van der Waals surface area contributed by atoms with Crippen molar-refractivity contribution in [2.24, 2.45) is 0 Å². The number of anilines is 1. The highest BCUT2D eigenvalue weighted by Crippen LogP contribution is 2.18. The summed E-state index contributed by atoms with van der Waals surface area (Å²) in [5, 5.41) is 3.38. The highest BCUT2D eigenvalue weighted by molar-refractivity contribution is 7.90. The first-order valence-corrected chi connectivity index (χ1v) is 9.01. The van der Waals surface area contributed by atoms with Gasteiger partial charge in [-0.1, -0.05) is 19.1 Å². The first-order valence-electron chi connectivity index (χ1n) is 7.57. The van der Waals surface area contributed by atoms with E-state index in [9.17, 15) is 8.42 Å². The van der Waals surface area contributed by atoms with Gasteiger partial charge < -0.3 is 5.32 Å². The van der Waals surface area contributed by atoms with Crippen molar-refractivity contribution < 1.29 is 8.42 Å². The van der Waals surface area contributed by atoms with Crippen molar-refractivity contribution in [1.82, 2.24) is 9.62 Å². The number of rotatable bonds is 9. The van der Waals surface area contributed by atoms with E-state index in [-0.39, 0.29) is 0 Å². The third-order valence-electron chi connectivity index (χ3n) is 3.68. The Morgan fingerprint density at radius 1 is 1.24 bits per heavy atom. The van der Waals surface area contributed by atoms with Crippen LogP contribution in [0.5, 0.6) is 0 Å². The van der Waals surface area contributed by atoms with Gasteiger partial charge in [0, 0.05) is 25.3 Å². The van der Waals surface area contributed by atoms with Gasteiger partial charge in [-0.3, -0.25) is 4.72 Å². The van der Waals surface area contributed by atoms with Crippen molar-refractivity contribution in [3.8, 4) is 0 Å². The molecule has 21 heavy (non-hydrogen) atoms. The summed E-state index contributed by atoms with van der Waals surface area (Å²) in [4.78, 5) is 0. The van der Waals surface area contributed by atoms with Crippen molar-refractivity contribution in [2.75, 3.05) is 24.9 Å². The van der Waals surface area contributed by atoms with Gasteiger partial charge in [-0.15, -0.1) is 0 Å². The number of benzene rings is 1. The molecule has 0 atom stereocenters. The summed E-state index contributed by atoms with van der Waals surface area (Å²) < 4.78 is 28.4. The molecule has 118 valence electrons. The van der Waals surface area contributed by atoms with E-state index in [1.54, 1.807) is 19.2 Å². The van der Waals surface area contributed by atoms with E-state index >= 15 is 0 Å². The molecule has 1 aliphatic rings. The van der Waals surface area contributed by atoms with Gasteiger partial charge in [0.25, 0.3) is 0 Å². The lowest BCUT2D eigenvalue weighted by molar-refractivity contribution is 0.458. The zero-order chi connectivity index (χ0) is 15.3. The van der Waals surface area contributed by atoms with Crippen molar-refractivity contribution >= 4 is 15.9 Å². The van der Waals surface area contributed by atoms with Gasteiger partial charge in [0.2, 0.25) is 0 Å². The van der Waals surface area contributed by atoms with E-state index in [1.165, 1.54) is 22.7 Å². The molecular weight excluding hydrogens is 286 g/mol. The monoisotopic (exact) mass is 311 g/mol. The fourth-order valence-electron chi connectivity index (χ4n) is 2.05. The van der Waals surface area contributed by atoms with Crippen LogP contribution in [0.3, 0.4) is 0 Å². The van der Waals surface area contributed by atoms with Crippen molar-refractivity contribution in [3.05, 3.63) is 29.8 Å². The molecule has 1 saturated carbocycles. The molecule has 0 aromatic heterocycles. The fraction of sp³-hybridized carbons (Fsp3) is 0.600. The Kier molecular flexibility index (Phi) is 5.61. The van der Waals surface area contributed by atoms with E-state index in [2.05, 4.69) is 17.0 Å². The summed E-state index contributed by atoms with van der Waals surface area (Å²) in [7, 11) is -1.85. The predicted octanol–water partition coefficient (Wildman–Crippen LogP) is 1.98. The summed E-state index contributed by atoms with van der Waals surface area (Å²) in [5.74, 6) is 0. The average Bonchev–Trinajstić information content (AvgIpc) is 3.28. The highest BCUT2D eigenvalue weighted by Gasteiger charge is 2.20. The average molecular weight is 311 g/mol. The maximum atomic E-state index is 12.2. The van der Waals surface area contributed by atoms with Crippen LogP contribution >= 0.6 is 0 Å². The predicted molar refractivity (Wildman–Crippen MR) is 86.6 cm³/mol. The molecule has 0 unspecified atom stereocenters. The molecule has 0 spiro atoms. The summed E-state index contributed by atoms with van der Waals surface area (Å²) in [6.07, 6.45) is 4.27. The minimum absolute atomic E-state index is 0.516. The first-order chi connectivity index (χ1) is 10.0. The Balaban J connectivity index is 1.80. The van der Waals surface area contributed by atoms with Crippen molar-refractivity contribution in [1.29, 1.82) is 0 Å². The standard InChI is InChI=1S/C15H25N3O2S/c1-3-13-5-7-15(8-6-13)17-21(19,20)18(2)12-4-11-16-14-9-10-14/h5-8,14,16-17H,3-4,9-12H2,1-2H3. The normalized spacial score (nSPS) is 15.4. The summed E-state index contributed by atoms with van der Waals surface area (Å²) >= 11 is 0. The Morgan fingerprint density at radius 2 is 1.90 bits per heavy atom. The van der Waals surface area contributed by atoms with E-state index in [1.807, 2.05) is 12.1 Å². The molecule has 0 radical (unpaired) electrons. The highest BCUT2D eigenvalue weighted by atomic mass is 32.2. The van der Waals surface area contributed by atoms with Crippen LogP contribution in [-0.4, -0.2) is 38.9 Å². The van der Waals surface area contributed by atoms with Crippen LogP contribution in [0.2, 0.25) is 0 Å². The third-order valence-corrected chi connectivity index (χ3v) is 5.18. The Hall–Kier alpha value is -1.11. The molecule has 5 nitrogen and oxygen atoms in total. The SMILES string of the molecule is CCc1ccc(NS(=O)(=O)N(C)CCCNC2CC2)cc1. The summed E-state index contributed by atoms with van der Waals surface area (Å²) in [5.41, 5.74) is 1.80. The molecule has 0 bridgehead atoms. The molecule has 0 amide bonds. The minimum atomic E-state index is -3.46. The van der Waals surface area contributed by atoms with E-state index in [4.69, 9.17) is 0 Å². The Morgan fingerprint density at radius 3 is 2.48 bits per heavy atom. The van der Waals surface area contributed by atoms with Crippen LogP contribution in [0.15, 0.2) is 24.3 Å². The minimum Gasteiger partial charge on any atom is -0.314 e. The van der Waals surface area contributed by atoms with Gasteiger partial charge in [-0.05, 0) is 49.9 Å². The molecule has 1 aromatic carbocycles. The molecule has 1 aliphatic carbocycles. The molecule has 1 fully saturated rings. The number of nitrogens with zero attached hydrogens (tertiary/aromatic N) is 1. The summed E-state index contributed by atoms with van der Waals surface area (Å²) in [6.45, 7) is 3.46. The van der Waals surface area contributed by atoms with E-state index in [0.717, 1.165) is 19.4 Å². The van der Waals surface area contributed by atoms with Gasteiger partial charge in [0.1, 0.15) is 0 Å². The van der Waals surface area contributed by atoms with E-state index in [0.29, 0.717) is 18.3 Å². The van der Waals surface area contributed by atoms with Crippen LogP contribution in [0.25, 0.3) is 0 Å². The van der Waals surface area contributed by atoms with Crippen LogP contribution in [0.1, 0.15) is 31.7 Å². The van der Waals surface area contributed by atoms with Crippen molar-refractivity contribution in [3.63, 3.8) is 0 Å². The van der Waals surface area contributed by atoms with Gasteiger partial charge in [-0.25, -0.2) is 0 Å². The second-order valence-electron chi connectivity index (χ2n) is 5.56. The topological polar surface area (TPSA) is 61.4 Å². The van der Waals surface area contributed by atoms with Crippen LogP contribution in [0.4, 0.5) is 5.69 Å². The maximum absolute atomic E-state index is 12.2. The number of nitrogens with one attached hydrogen (secondary N) is 2. The second kappa shape index (κ2) is 7.24. The maximum Gasteiger partial charge on any atom is 0.301 e. The zero-order valence-corrected chi connectivity index (χ0v) is 13.6. The van der Waals surface area contributed by atoms with Crippen molar-refractivity contribution in [2.45, 2.75) is 38.6 Å². The molecule has 0 heterocycles. The lowest BCUT2D eigenvalue weighted by Crippen LogP contribution is -2.34. The number of aryl methyl sites for hydroxylation is 1. The molecule has 2 rings (SSSR count). The van der Waals surface area contributed by atoms with Gasteiger partial charge >= 0.3 is 10.2 Å². The Labute approximate surface area is 127 Å². The zero-order valence-electron chi connectivity index (χ0n) is 12.8. The molecule has 0 aliphatic heterocycles. The smallest absolute Gasteiger partial charge is 0.301 e. The number of hydrogen-bond acceptors (Lipinski definition) is 3. The Bertz CT molecular complexity index is 539. The fourth-order valence-corrected chi connectivity index (χ4v) is 3.01. The van der Waals surface area contributed by atoms with Crippen LogP contribution in [-0.2, 0) is 16.6 Å². The first kappa shape index (κ1) is 16.3.